The summed E-state index contributed by atoms with van der Waals surface area (Å²) in [6.45, 7) is 13.3. The fraction of sp³-hybridized carbons (Fsp3) is 0.650. The number of carbonyl (C=O) groups is 1. The van der Waals surface area contributed by atoms with E-state index in [0.717, 1.165) is 5.56 Å². The zero-order chi connectivity index (χ0) is 19.5. The first-order chi connectivity index (χ1) is 12.1. The molecule has 0 unspecified atom stereocenters. The molecule has 4 atom stereocenters. The van der Waals surface area contributed by atoms with Gasteiger partial charge in [0.2, 0.25) is 0 Å². The minimum absolute atomic E-state index is 0.0436. The van der Waals surface area contributed by atoms with Crippen LogP contribution in [0.3, 0.4) is 0 Å². The van der Waals surface area contributed by atoms with E-state index in [2.05, 4.69) is 33.9 Å². The molecule has 0 bridgehead atoms. The number of esters is 1. The van der Waals surface area contributed by atoms with Gasteiger partial charge in [0.25, 0.3) is 0 Å². The Hall–Kier alpha value is -1.21. The molecule has 2 rings (SSSR count). The Kier molecular flexibility index (Phi) is 6.66. The van der Waals surface area contributed by atoms with E-state index < -0.39 is 14.4 Å². The second-order valence-electron chi connectivity index (χ2n) is 8.39. The molecule has 0 amide bonds. The van der Waals surface area contributed by atoms with Gasteiger partial charge in [-0.3, -0.25) is 0 Å². The van der Waals surface area contributed by atoms with Crippen LogP contribution in [0.4, 0.5) is 0 Å². The molecule has 1 heterocycles. The Morgan fingerprint density at radius 2 is 1.85 bits per heavy atom. The smallest absolute Gasteiger partial charge is 0.337 e. The lowest BCUT2D eigenvalue weighted by atomic mass is 9.97. The Labute approximate surface area is 158 Å². The average Bonchev–Trinajstić information content (AvgIpc) is 2.56. The largest absolute Gasteiger partial charge is 0.467 e. The van der Waals surface area contributed by atoms with Crippen LogP contribution in [0.25, 0.3) is 0 Å². The molecule has 6 heteroatoms. The highest BCUT2D eigenvalue weighted by atomic mass is 28.4. The van der Waals surface area contributed by atoms with E-state index in [1.54, 1.807) is 0 Å². The number of hydrogen-bond donors (Lipinski definition) is 0. The van der Waals surface area contributed by atoms with Crippen LogP contribution < -0.4 is 0 Å². The molecule has 0 aliphatic carbocycles. The topological polar surface area (TPSA) is 54.0 Å². The zero-order valence-electron chi connectivity index (χ0n) is 16.9. The Balaban J connectivity index is 2.05. The molecular formula is C20H32O5Si. The predicted octanol–water partition coefficient (Wildman–Crippen LogP) is 3.92. The van der Waals surface area contributed by atoms with E-state index >= 15 is 0 Å². The van der Waals surface area contributed by atoms with Gasteiger partial charge in [0.15, 0.2) is 14.4 Å². The average molecular weight is 381 g/mol. The first-order valence-electron chi connectivity index (χ1n) is 9.13. The standard InChI is InChI=1S/C20H32O5Si/c1-14(23-13-15-11-9-8-10-12-15)16-17(18(24-16)19(21)22-5)25-26(6,7)20(2,3)4/h8-12,14,16-18H,13H2,1-7H3/t14-,16-,17+,18+/m0/s1. The molecule has 0 aromatic heterocycles. The normalized spacial score (nSPS) is 24.7. The van der Waals surface area contributed by atoms with Crippen molar-refractivity contribution in [3.63, 3.8) is 0 Å². The van der Waals surface area contributed by atoms with Crippen LogP contribution in [-0.4, -0.2) is 45.8 Å². The van der Waals surface area contributed by atoms with E-state index in [0.29, 0.717) is 6.61 Å². The predicted molar refractivity (Wildman–Crippen MR) is 103 cm³/mol. The number of methoxy groups -OCH3 is 1. The molecule has 1 aliphatic heterocycles. The molecule has 1 aromatic rings. The number of carbonyl (C=O) groups excluding carboxylic acids is 1. The summed E-state index contributed by atoms with van der Waals surface area (Å²) in [6, 6.07) is 10.00. The third-order valence-corrected chi connectivity index (χ3v) is 9.89. The van der Waals surface area contributed by atoms with Gasteiger partial charge >= 0.3 is 5.97 Å². The van der Waals surface area contributed by atoms with Gasteiger partial charge < -0.3 is 18.6 Å². The van der Waals surface area contributed by atoms with Crippen molar-refractivity contribution in [2.75, 3.05) is 7.11 Å². The van der Waals surface area contributed by atoms with Gasteiger partial charge in [0.1, 0.15) is 12.2 Å². The van der Waals surface area contributed by atoms with Gasteiger partial charge in [0.05, 0.1) is 19.8 Å². The van der Waals surface area contributed by atoms with Crippen LogP contribution in [0, 0.1) is 0 Å². The fourth-order valence-electron chi connectivity index (χ4n) is 2.63. The summed E-state index contributed by atoms with van der Waals surface area (Å²) in [5, 5.41) is 0.0436. The molecule has 0 radical (unpaired) electrons. The van der Waals surface area contributed by atoms with Crippen LogP contribution in [0.1, 0.15) is 33.3 Å². The first kappa shape index (κ1) is 21.1. The molecule has 0 spiro atoms. The molecule has 1 saturated heterocycles. The van der Waals surface area contributed by atoms with Crippen molar-refractivity contribution in [2.24, 2.45) is 0 Å². The van der Waals surface area contributed by atoms with Crippen molar-refractivity contribution < 1.29 is 23.4 Å². The number of rotatable bonds is 7. The van der Waals surface area contributed by atoms with E-state index in [4.69, 9.17) is 18.6 Å². The zero-order valence-corrected chi connectivity index (χ0v) is 17.9. The first-order valence-corrected chi connectivity index (χ1v) is 12.0. The van der Waals surface area contributed by atoms with Crippen molar-refractivity contribution in [2.45, 2.75) is 76.8 Å². The summed E-state index contributed by atoms with van der Waals surface area (Å²) in [5.41, 5.74) is 1.10. The highest BCUT2D eigenvalue weighted by Crippen LogP contribution is 2.41. The van der Waals surface area contributed by atoms with Crippen LogP contribution in [0.5, 0.6) is 0 Å². The van der Waals surface area contributed by atoms with E-state index in [9.17, 15) is 4.79 Å². The van der Waals surface area contributed by atoms with E-state index in [-0.39, 0.29) is 29.3 Å². The van der Waals surface area contributed by atoms with Gasteiger partial charge in [0, 0.05) is 0 Å². The van der Waals surface area contributed by atoms with Crippen LogP contribution in [0.15, 0.2) is 30.3 Å². The molecule has 1 fully saturated rings. The number of benzene rings is 1. The third kappa shape index (κ3) is 4.74. The van der Waals surface area contributed by atoms with Crippen molar-refractivity contribution in [1.82, 2.24) is 0 Å². The quantitative estimate of drug-likeness (QED) is 0.530. The maximum Gasteiger partial charge on any atom is 0.337 e. The summed E-state index contributed by atoms with van der Waals surface area (Å²) in [5.74, 6) is -0.389. The van der Waals surface area contributed by atoms with Gasteiger partial charge in [-0.05, 0) is 30.6 Å². The lowest BCUT2D eigenvalue weighted by Gasteiger charge is -2.50. The van der Waals surface area contributed by atoms with Crippen LogP contribution >= 0.6 is 0 Å². The highest BCUT2D eigenvalue weighted by molar-refractivity contribution is 6.74. The monoisotopic (exact) mass is 380 g/mol. The van der Waals surface area contributed by atoms with Crippen molar-refractivity contribution in [1.29, 1.82) is 0 Å². The van der Waals surface area contributed by atoms with Gasteiger partial charge in [-0.25, -0.2) is 4.79 Å². The molecule has 5 nitrogen and oxygen atoms in total. The van der Waals surface area contributed by atoms with Gasteiger partial charge in [-0.2, -0.15) is 0 Å². The maximum absolute atomic E-state index is 12.0. The summed E-state index contributed by atoms with van der Waals surface area (Å²) in [7, 11) is -0.683. The molecule has 1 aliphatic rings. The molecule has 0 N–H and O–H groups in total. The maximum atomic E-state index is 12.0. The summed E-state index contributed by atoms with van der Waals surface area (Å²) >= 11 is 0. The Morgan fingerprint density at radius 3 is 2.38 bits per heavy atom. The van der Waals surface area contributed by atoms with Crippen molar-refractivity contribution in [3.05, 3.63) is 35.9 Å². The lowest BCUT2D eigenvalue weighted by Crippen LogP contribution is -2.66. The molecular weight excluding hydrogens is 348 g/mol. The fourth-order valence-corrected chi connectivity index (χ4v) is 3.92. The molecule has 0 saturated carbocycles. The van der Waals surface area contributed by atoms with E-state index in [1.165, 1.54) is 7.11 Å². The Morgan fingerprint density at radius 1 is 1.23 bits per heavy atom. The van der Waals surface area contributed by atoms with Crippen LogP contribution in [0.2, 0.25) is 18.1 Å². The van der Waals surface area contributed by atoms with E-state index in [1.807, 2.05) is 37.3 Å². The molecule has 146 valence electrons. The molecule has 26 heavy (non-hydrogen) atoms. The molecule has 1 aromatic carbocycles. The summed E-state index contributed by atoms with van der Waals surface area (Å²) < 4.78 is 23.2. The third-order valence-electron chi connectivity index (χ3n) is 5.41. The second-order valence-corrected chi connectivity index (χ2v) is 13.1. The van der Waals surface area contributed by atoms with Gasteiger partial charge in [-0.15, -0.1) is 0 Å². The minimum atomic E-state index is -2.06. The summed E-state index contributed by atoms with van der Waals surface area (Å²) in [4.78, 5) is 12.0. The second kappa shape index (κ2) is 8.21. The van der Waals surface area contributed by atoms with Gasteiger partial charge in [-0.1, -0.05) is 51.1 Å². The SMILES string of the molecule is COC(=O)[C@@H]1O[C@@H]([C@H](C)OCc2ccccc2)[C@H]1O[Si](C)(C)C(C)(C)C. The number of ether oxygens (including phenoxy) is 3. The van der Waals surface area contributed by atoms with Crippen molar-refractivity contribution >= 4 is 14.3 Å². The minimum Gasteiger partial charge on any atom is -0.467 e. The Bertz CT molecular complexity index is 596. The van der Waals surface area contributed by atoms with Crippen LogP contribution in [-0.2, 0) is 30.0 Å². The number of hydrogen-bond acceptors (Lipinski definition) is 5. The lowest BCUT2D eigenvalue weighted by molar-refractivity contribution is -0.254. The highest BCUT2D eigenvalue weighted by Gasteiger charge is 2.54. The van der Waals surface area contributed by atoms with Crippen molar-refractivity contribution in [3.8, 4) is 0 Å². The summed E-state index contributed by atoms with van der Waals surface area (Å²) in [6.07, 6.45) is -1.49.